The van der Waals surface area contributed by atoms with Crippen molar-refractivity contribution in [3.63, 3.8) is 0 Å². The van der Waals surface area contributed by atoms with Crippen LogP contribution in [-0.4, -0.2) is 84.9 Å². The molecule has 29 heavy (non-hydrogen) atoms. The van der Waals surface area contributed by atoms with Crippen LogP contribution >= 0.6 is 9.24 Å². The average molecular weight is 441 g/mol. The van der Waals surface area contributed by atoms with E-state index in [0.717, 1.165) is 0 Å². The summed E-state index contributed by atoms with van der Waals surface area (Å²) in [6.07, 6.45) is -1.30. The van der Waals surface area contributed by atoms with Crippen molar-refractivity contribution >= 4 is 29.0 Å². The number of carbonyl (C=O) groups excluding carboxylic acids is 2. The number of hydrogen-bond donors (Lipinski definition) is 4. The van der Waals surface area contributed by atoms with Crippen molar-refractivity contribution < 1.29 is 40.9 Å². The van der Waals surface area contributed by atoms with E-state index < -0.39 is 36.2 Å². The fraction of sp³-hybridized carbons (Fsp3) is 0.789. The number of aliphatic hydroxyl groups excluding tert-OH is 4. The Labute approximate surface area is 181 Å². The van der Waals surface area contributed by atoms with Gasteiger partial charge in [0.05, 0.1) is 26.5 Å². The number of carbonyl (C=O) groups is 2. The van der Waals surface area contributed by atoms with Crippen LogP contribution in [0.25, 0.3) is 0 Å². The van der Waals surface area contributed by atoms with Gasteiger partial charge in [-0.15, -0.1) is 9.24 Å². The molecule has 0 bridgehead atoms. The van der Waals surface area contributed by atoms with E-state index in [1.54, 1.807) is 13.8 Å². The first-order chi connectivity index (χ1) is 12.7. The van der Waals surface area contributed by atoms with Gasteiger partial charge < -0.3 is 29.9 Å². The molecule has 0 aliphatic carbocycles. The summed E-state index contributed by atoms with van der Waals surface area (Å²) < 4.78 is 15.6. The molecule has 174 valence electrons. The topological polar surface area (TPSA) is 134 Å². The summed E-state index contributed by atoms with van der Waals surface area (Å²) in [4.78, 5) is 21.9. The van der Waals surface area contributed by atoms with Crippen LogP contribution in [0.5, 0.6) is 0 Å². The minimum absolute atomic E-state index is 0. The average Bonchev–Trinajstić information content (AvgIpc) is 2.63. The predicted molar refractivity (Wildman–Crippen MR) is 121 cm³/mol. The summed E-state index contributed by atoms with van der Waals surface area (Å²) in [5, 5.41) is 34.4. The summed E-state index contributed by atoms with van der Waals surface area (Å²) in [7, 11) is 6.84. The SMILES string of the molecule is C.C.C=C(C)C(=O)OCC(O)CO.CCC(C)(C)C(=O)OCC(O)CO.[2H]C([B])P. The second kappa shape index (κ2) is 23.3. The Kier molecular flexibility index (Phi) is 28.5. The van der Waals surface area contributed by atoms with Crippen LogP contribution in [0.2, 0.25) is 0 Å². The third-order valence-corrected chi connectivity index (χ3v) is 3.02. The smallest absolute Gasteiger partial charge is 0.333 e. The molecule has 0 aromatic carbocycles. The van der Waals surface area contributed by atoms with Crippen LogP contribution in [0.4, 0.5) is 0 Å². The van der Waals surface area contributed by atoms with Crippen LogP contribution in [0, 0.1) is 5.41 Å². The lowest BCUT2D eigenvalue weighted by atomic mass is 9.91. The molecule has 0 aromatic heterocycles. The van der Waals surface area contributed by atoms with Gasteiger partial charge in [0.2, 0.25) is 0 Å². The molecule has 4 N–H and O–H groups in total. The fourth-order valence-corrected chi connectivity index (χ4v) is 0.912. The van der Waals surface area contributed by atoms with Crippen LogP contribution in [0.3, 0.4) is 0 Å². The zero-order valence-corrected chi connectivity index (χ0v) is 17.7. The highest BCUT2D eigenvalue weighted by atomic mass is 31.0. The first kappa shape index (κ1) is 35.5. The minimum Gasteiger partial charge on any atom is -0.462 e. The first-order valence-corrected chi connectivity index (χ1v) is 8.92. The Hall–Kier alpha value is -0.985. The van der Waals surface area contributed by atoms with Crippen molar-refractivity contribution in [2.75, 3.05) is 32.5 Å². The van der Waals surface area contributed by atoms with E-state index in [2.05, 4.69) is 20.6 Å². The normalized spacial score (nSPS) is 13.1. The lowest BCUT2D eigenvalue weighted by Crippen LogP contribution is -2.30. The number of hydrogen-bond acceptors (Lipinski definition) is 8. The molecule has 0 spiro atoms. The molecular weight excluding hydrogens is 398 g/mol. The number of esters is 2. The third kappa shape index (κ3) is 25.0. The Balaban J connectivity index is -0.000000112. The van der Waals surface area contributed by atoms with Crippen molar-refractivity contribution in [2.45, 2.75) is 61.2 Å². The highest BCUT2D eigenvalue weighted by Gasteiger charge is 2.27. The van der Waals surface area contributed by atoms with Crippen LogP contribution in [0.15, 0.2) is 12.2 Å². The molecular formula is C19H42BO8P. The Morgan fingerprint density at radius 2 is 1.48 bits per heavy atom. The Bertz CT molecular complexity index is 447. The van der Waals surface area contributed by atoms with Gasteiger partial charge in [-0.1, -0.05) is 34.4 Å². The van der Waals surface area contributed by atoms with Crippen molar-refractivity contribution in [1.29, 1.82) is 0 Å². The van der Waals surface area contributed by atoms with E-state index in [-0.39, 0.29) is 46.2 Å². The van der Waals surface area contributed by atoms with Crippen LogP contribution in [-0.2, 0) is 19.1 Å². The van der Waals surface area contributed by atoms with Crippen molar-refractivity contribution in [3.05, 3.63) is 12.2 Å². The van der Waals surface area contributed by atoms with Gasteiger partial charge in [-0.05, 0) is 27.2 Å². The van der Waals surface area contributed by atoms with Crippen molar-refractivity contribution in [2.24, 2.45) is 5.41 Å². The molecule has 4 atom stereocenters. The van der Waals surface area contributed by atoms with Gasteiger partial charge in [-0.3, -0.25) is 4.79 Å². The highest BCUT2D eigenvalue weighted by Crippen LogP contribution is 2.21. The lowest BCUT2D eigenvalue weighted by Gasteiger charge is -2.21. The molecule has 2 radical (unpaired) electrons. The Morgan fingerprint density at radius 3 is 1.76 bits per heavy atom. The number of rotatable bonds is 9. The molecule has 0 aromatic rings. The predicted octanol–water partition coefficient (Wildman–Crippen LogP) is 1.04. The largest absolute Gasteiger partial charge is 0.462 e. The van der Waals surface area contributed by atoms with Gasteiger partial charge in [-0.25, -0.2) is 4.79 Å². The minimum atomic E-state index is -1.00. The van der Waals surface area contributed by atoms with E-state index in [1.807, 2.05) is 6.92 Å². The Morgan fingerprint density at radius 1 is 1.14 bits per heavy atom. The molecule has 4 unspecified atom stereocenters. The molecule has 0 saturated heterocycles. The van der Waals surface area contributed by atoms with Gasteiger partial charge in [-0.2, -0.15) is 0 Å². The van der Waals surface area contributed by atoms with E-state index in [1.165, 1.54) is 6.92 Å². The van der Waals surface area contributed by atoms with Gasteiger partial charge in [0.1, 0.15) is 25.4 Å². The van der Waals surface area contributed by atoms with Crippen molar-refractivity contribution in [1.82, 2.24) is 0 Å². The van der Waals surface area contributed by atoms with Gasteiger partial charge in [0.25, 0.3) is 0 Å². The van der Waals surface area contributed by atoms with Crippen LogP contribution in [0.1, 0.15) is 50.3 Å². The molecule has 0 amide bonds. The summed E-state index contributed by atoms with van der Waals surface area (Å²) in [6, 6.07) is -0.500. The lowest BCUT2D eigenvalue weighted by molar-refractivity contribution is -0.157. The molecule has 0 fully saturated rings. The van der Waals surface area contributed by atoms with Crippen molar-refractivity contribution in [3.8, 4) is 0 Å². The van der Waals surface area contributed by atoms with E-state index in [0.29, 0.717) is 6.42 Å². The zero-order chi connectivity index (χ0) is 22.9. The summed E-state index contributed by atoms with van der Waals surface area (Å²) in [6.45, 7) is 9.16. The number of ether oxygens (including phenoxy) is 2. The summed E-state index contributed by atoms with van der Waals surface area (Å²) in [5.74, 6) is -0.903. The van der Waals surface area contributed by atoms with Gasteiger partial charge in [0, 0.05) is 6.94 Å². The standard InChI is InChI=1S/C9H18O4.C7H12O4.CH4BP.2CH4/c1-4-9(2,3)8(12)13-6-7(11)5-10;1-5(2)7(10)11-4-6(9)3-8;2-1-3;;/h7,10-11H,4-6H2,1-3H3;6,8-9H,1,3-4H2,2H3;1,3H2;2*1H4/i;;1D;;. The van der Waals surface area contributed by atoms with E-state index >= 15 is 0 Å². The van der Waals surface area contributed by atoms with E-state index in [4.69, 9.17) is 34.4 Å². The maximum atomic E-state index is 11.3. The quantitative estimate of drug-likeness (QED) is 0.181. The molecule has 0 aliphatic heterocycles. The zero-order valence-electron chi connectivity index (χ0n) is 17.6. The molecule has 10 heteroatoms. The molecule has 8 nitrogen and oxygen atoms in total. The monoisotopic (exact) mass is 441 g/mol. The van der Waals surface area contributed by atoms with Crippen LogP contribution < -0.4 is 0 Å². The van der Waals surface area contributed by atoms with Gasteiger partial charge in [0.15, 0.2) is 0 Å². The van der Waals surface area contributed by atoms with Gasteiger partial charge >= 0.3 is 11.9 Å². The number of aliphatic hydroxyl groups is 4. The molecule has 0 heterocycles. The van der Waals surface area contributed by atoms with E-state index in [9.17, 15) is 9.59 Å². The third-order valence-electron chi connectivity index (χ3n) is 3.02. The second-order valence-corrected chi connectivity index (χ2v) is 6.46. The summed E-state index contributed by atoms with van der Waals surface area (Å²) >= 11 is 0. The maximum Gasteiger partial charge on any atom is 0.333 e. The molecule has 0 rings (SSSR count). The first-order valence-electron chi connectivity index (χ1n) is 8.83. The summed E-state index contributed by atoms with van der Waals surface area (Å²) in [5.41, 5.74) is -0.245. The highest BCUT2D eigenvalue weighted by molar-refractivity contribution is 7.19. The second-order valence-electron chi connectivity index (χ2n) is 6.08. The molecule has 0 saturated carbocycles. The maximum absolute atomic E-state index is 11.3. The molecule has 0 aliphatic rings. The fourth-order valence-electron chi connectivity index (χ4n) is 0.912.